The molecule has 0 spiro atoms. The fourth-order valence-corrected chi connectivity index (χ4v) is 5.51. The highest BCUT2D eigenvalue weighted by Gasteiger charge is 2.33. The topological polar surface area (TPSA) is 18.5 Å². The molecule has 2 atom stereocenters. The molecule has 3 heterocycles. The molecular weight excluding hydrogens is 266 g/mol. The zero-order chi connectivity index (χ0) is 13.8. The predicted octanol–water partition coefficient (Wildman–Crippen LogP) is 1.89. The molecule has 0 bridgehead atoms. The molecule has 0 amide bonds. The van der Waals surface area contributed by atoms with Crippen molar-refractivity contribution >= 4 is 11.8 Å². The second-order valence-electron chi connectivity index (χ2n) is 6.86. The summed E-state index contributed by atoms with van der Waals surface area (Å²) in [6.07, 6.45) is 7.03. The summed E-state index contributed by atoms with van der Waals surface area (Å²) in [5.74, 6) is 2.30. The Morgan fingerprint density at radius 3 is 2.80 bits per heavy atom. The average Bonchev–Trinajstić information content (AvgIpc) is 2.48. The maximum atomic E-state index is 3.46. The van der Waals surface area contributed by atoms with Crippen molar-refractivity contribution in [3.63, 3.8) is 0 Å². The Bertz CT molecular complexity index is 293. The van der Waals surface area contributed by atoms with Crippen LogP contribution in [0, 0.1) is 5.92 Å². The van der Waals surface area contributed by atoms with Crippen molar-refractivity contribution in [2.24, 2.45) is 5.92 Å². The molecule has 3 fully saturated rings. The van der Waals surface area contributed by atoms with Gasteiger partial charge in [0, 0.05) is 30.1 Å². The third-order valence-corrected chi connectivity index (χ3v) is 6.84. The molecule has 20 heavy (non-hydrogen) atoms. The minimum atomic E-state index is 0.886. The lowest BCUT2D eigenvalue weighted by Gasteiger charge is -2.46. The van der Waals surface area contributed by atoms with E-state index in [9.17, 15) is 0 Å². The third-order valence-electron chi connectivity index (χ3n) is 5.48. The maximum absolute atomic E-state index is 3.46. The number of hydrogen-bond donors (Lipinski definition) is 1. The Hall–Kier alpha value is 0.230. The van der Waals surface area contributed by atoms with Crippen molar-refractivity contribution in [2.75, 3.05) is 52.1 Å². The van der Waals surface area contributed by atoms with E-state index in [1.54, 1.807) is 0 Å². The molecule has 0 saturated carbocycles. The molecule has 3 rings (SSSR count). The molecule has 0 aromatic carbocycles. The average molecular weight is 298 g/mol. The fourth-order valence-electron chi connectivity index (χ4n) is 4.24. The summed E-state index contributed by atoms with van der Waals surface area (Å²) in [4.78, 5) is 5.36. The van der Waals surface area contributed by atoms with Gasteiger partial charge in [0.1, 0.15) is 0 Å². The summed E-state index contributed by atoms with van der Waals surface area (Å²) in [7, 11) is 2.33. The first-order chi connectivity index (χ1) is 9.83. The first-order valence-electron chi connectivity index (χ1n) is 8.58. The number of fused-ring (bicyclic) bond motifs is 1. The van der Waals surface area contributed by atoms with Crippen LogP contribution in [0.3, 0.4) is 0 Å². The van der Waals surface area contributed by atoms with Gasteiger partial charge in [-0.2, -0.15) is 11.8 Å². The predicted molar refractivity (Wildman–Crippen MR) is 88.5 cm³/mol. The van der Waals surface area contributed by atoms with Crippen molar-refractivity contribution < 1.29 is 0 Å². The molecule has 4 heteroatoms. The van der Waals surface area contributed by atoms with Gasteiger partial charge in [0.15, 0.2) is 0 Å². The Morgan fingerprint density at radius 2 is 1.95 bits per heavy atom. The largest absolute Gasteiger partial charge is 0.317 e. The van der Waals surface area contributed by atoms with Gasteiger partial charge in [-0.3, -0.25) is 0 Å². The highest BCUT2D eigenvalue weighted by atomic mass is 32.2. The number of thioether (sulfide) groups is 1. The van der Waals surface area contributed by atoms with E-state index < -0.39 is 0 Å². The van der Waals surface area contributed by atoms with Gasteiger partial charge in [-0.1, -0.05) is 0 Å². The van der Waals surface area contributed by atoms with Crippen LogP contribution in [-0.4, -0.2) is 73.2 Å². The van der Waals surface area contributed by atoms with Crippen molar-refractivity contribution in [1.29, 1.82) is 0 Å². The summed E-state index contributed by atoms with van der Waals surface area (Å²) in [5, 5.41) is 4.39. The molecule has 3 saturated heterocycles. The molecule has 0 aromatic rings. The lowest BCUT2D eigenvalue weighted by atomic mass is 9.84. The van der Waals surface area contributed by atoms with E-state index in [4.69, 9.17) is 0 Å². The van der Waals surface area contributed by atoms with E-state index in [1.165, 1.54) is 77.1 Å². The number of hydrogen-bond acceptors (Lipinski definition) is 4. The summed E-state index contributed by atoms with van der Waals surface area (Å²) in [5.41, 5.74) is 0. The number of rotatable bonds is 4. The van der Waals surface area contributed by atoms with E-state index in [0.717, 1.165) is 17.2 Å². The van der Waals surface area contributed by atoms with Crippen LogP contribution < -0.4 is 5.32 Å². The van der Waals surface area contributed by atoms with Gasteiger partial charge in [0.2, 0.25) is 0 Å². The molecule has 0 aromatic heterocycles. The lowest BCUT2D eigenvalue weighted by Crippen LogP contribution is -2.52. The summed E-state index contributed by atoms with van der Waals surface area (Å²) < 4.78 is 0. The Kier molecular flexibility index (Phi) is 5.66. The van der Waals surface area contributed by atoms with Gasteiger partial charge in [-0.15, -0.1) is 0 Å². The molecule has 1 N–H and O–H groups in total. The van der Waals surface area contributed by atoms with E-state index in [2.05, 4.69) is 33.9 Å². The van der Waals surface area contributed by atoms with Crippen LogP contribution in [0.2, 0.25) is 0 Å². The van der Waals surface area contributed by atoms with Crippen LogP contribution in [0.25, 0.3) is 0 Å². The molecular formula is C16H31N3S. The van der Waals surface area contributed by atoms with Crippen molar-refractivity contribution in [1.82, 2.24) is 15.1 Å². The Balaban J connectivity index is 1.36. The number of likely N-dealkylation sites (tertiary alicyclic amines) is 2. The third kappa shape index (κ3) is 3.90. The summed E-state index contributed by atoms with van der Waals surface area (Å²) in [6.45, 7) is 7.81. The van der Waals surface area contributed by atoms with Crippen LogP contribution in [-0.2, 0) is 0 Å². The molecule has 3 aliphatic heterocycles. The number of piperidine rings is 3. The monoisotopic (exact) mass is 297 g/mol. The molecule has 0 aliphatic carbocycles. The van der Waals surface area contributed by atoms with Gasteiger partial charge in [-0.25, -0.2) is 0 Å². The van der Waals surface area contributed by atoms with E-state index in [0.29, 0.717) is 0 Å². The van der Waals surface area contributed by atoms with Gasteiger partial charge in [0.05, 0.1) is 0 Å². The van der Waals surface area contributed by atoms with Crippen LogP contribution in [0.4, 0.5) is 0 Å². The summed E-state index contributed by atoms with van der Waals surface area (Å²) in [6, 6.07) is 0.886. The molecule has 3 nitrogen and oxygen atoms in total. The zero-order valence-electron chi connectivity index (χ0n) is 13.0. The first kappa shape index (κ1) is 15.1. The Labute approximate surface area is 128 Å². The fraction of sp³-hybridized carbons (Fsp3) is 1.00. The smallest absolute Gasteiger partial charge is 0.0145 e. The van der Waals surface area contributed by atoms with Crippen LogP contribution >= 0.6 is 11.8 Å². The zero-order valence-corrected chi connectivity index (χ0v) is 13.8. The van der Waals surface area contributed by atoms with Gasteiger partial charge in [-0.05, 0) is 71.2 Å². The maximum Gasteiger partial charge on any atom is 0.0145 e. The lowest BCUT2D eigenvalue weighted by molar-refractivity contribution is 0.0413. The van der Waals surface area contributed by atoms with E-state index in [-0.39, 0.29) is 0 Å². The van der Waals surface area contributed by atoms with Crippen molar-refractivity contribution in [3.05, 3.63) is 0 Å². The molecule has 3 aliphatic rings. The van der Waals surface area contributed by atoms with E-state index >= 15 is 0 Å². The van der Waals surface area contributed by atoms with Gasteiger partial charge < -0.3 is 15.1 Å². The highest BCUT2D eigenvalue weighted by molar-refractivity contribution is 7.99. The Morgan fingerprint density at radius 1 is 1.10 bits per heavy atom. The summed E-state index contributed by atoms with van der Waals surface area (Å²) >= 11 is 2.23. The van der Waals surface area contributed by atoms with Crippen molar-refractivity contribution in [2.45, 2.75) is 43.4 Å². The number of nitrogens with one attached hydrogen (secondary N) is 1. The van der Waals surface area contributed by atoms with Gasteiger partial charge in [0.25, 0.3) is 0 Å². The minimum Gasteiger partial charge on any atom is -0.317 e. The highest BCUT2D eigenvalue weighted by Crippen LogP contribution is 2.29. The van der Waals surface area contributed by atoms with Gasteiger partial charge >= 0.3 is 0 Å². The van der Waals surface area contributed by atoms with Crippen LogP contribution in [0.5, 0.6) is 0 Å². The van der Waals surface area contributed by atoms with Crippen molar-refractivity contribution in [3.8, 4) is 0 Å². The minimum absolute atomic E-state index is 0.886. The number of nitrogens with zero attached hydrogens (tertiary/aromatic N) is 2. The van der Waals surface area contributed by atoms with E-state index in [1.807, 2.05) is 0 Å². The second kappa shape index (κ2) is 7.48. The quantitative estimate of drug-likeness (QED) is 0.854. The van der Waals surface area contributed by atoms with Crippen LogP contribution in [0.15, 0.2) is 0 Å². The molecule has 2 unspecified atom stereocenters. The SMILES string of the molecule is CN1CCCC2CN(CCSC3CCNCC3)CCC21. The first-order valence-corrected chi connectivity index (χ1v) is 9.63. The second-order valence-corrected chi connectivity index (χ2v) is 8.27. The van der Waals surface area contributed by atoms with Crippen LogP contribution in [0.1, 0.15) is 32.1 Å². The molecule has 116 valence electrons. The standard InChI is InChI=1S/C16H31N3S/c1-18-9-2-3-14-13-19(10-6-16(14)18)11-12-20-15-4-7-17-8-5-15/h14-17H,2-13H2,1H3. The molecule has 0 radical (unpaired) electrons. The normalized spacial score (nSPS) is 34.0.